The van der Waals surface area contributed by atoms with Crippen molar-refractivity contribution in [2.45, 2.75) is 51.5 Å². The number of rotatable bonds is 10. The summed E-state index contributed by atoms with van der Waals surface area (Å²) in [6.07, 6.45) is 8.39. The van der Waals surface area contributed by atoms with Gasteiger partial charge in [-0.15, -0.1) is 0 Å². The normalized spacial score (nSPS) is 12.2. The van der Waals surface area contributed by atoms with E-state index < -0.39 is 11.8 Å². The first kappa shape index (κ1) is 21.0. The molecule has 0 aliphatic heterocycles. The zero-order chi connectivity index (χ0) is 20.8. The zero-order valence-corrected chi connectivity index (χ0v) is 16.8. The fourth-order valence-corrected chi connectivity index (χ4v) is 3.42. The number of aromatic nitrogens is 4. The number of unbranched alkanes of at least 4 members (excludes halogenated alkanes) is 1. The minimum absolute atomic E-state index is 0.00475. The Hall–Kier alpha value is -2.74. The van der Waals surface area contributed by atoms with Crippen molar-refractivity contribution >= 4 is 34.4 Å². The van der Waals surface area contributed by atoms with Crippen LogP contribution in [0, 0.1) is 5.82 Å². The number of carbonyl (C=O) groups is 1. The molecule has 3 aromatic heterocycles. The average molecular weight is 420 g/mol. The highest BCUT2D eigenvalue weighted by molar-refractivity contribution is 6.31. The van der Waals surface area contributed by atoms with E-state index in [0.717, 1.165) is 37.3 Å². The highest BCUT2D eigenvalue weighted by Crippen LogP contribution is 2.28. The average Bonchev–Trinajstić information content (AvgIpc) is 3.10. The molecule has 0 bridgehead atoms. The molecule has 7 nitrogen and oxygen atoms in total. The Bertz CT molecular complexity index is 994. The molecule has 0 saturated heterocycles. The molecule has 1 atom stereocenters. The number of halogens is 2. The molecule has 3 heterocycles. The van der Waals surface area contributed by atoms with Gasteiger partial charge >= 0.3 is 5.97 Å². The third-order valence-electron chi connectivity index (χ3n) is 4.65. The maximum Gasteiger partial charge on any atom is 0.303 e. The van der Waals surface area contributed by atoms with Gasteiger partial charge < -0.3 is 15.4 Å². The molecule has 9 heteroatoms. The predicted octanol–water partition coefficient (Wildman–Crippen LogP) is 5.04. The second kappa shape index (κ2) is 9.65. The second-order valence-electron chi connectivity index (χ2n) is 6.91. The summed E-state index contributed by atoms with van der Waals surface area (Å²) >= 11 is 6.05. The minimum Gasteiger partial charge on any atom is -0.481 e. The van der Waals surface area contributed by atoms with Crippen molar-refractivity contribution in [1.82, 2.24) is 19.9 Å². The summed E-state index contributed by atoms with van der Waals surface area (Å²) in [5.74, 6) is -0.831. The molecule has 0 aliphatic carbocycles. The lowest BCUT2D eigenvalue weighted by molar-refractivity contribution is -0.137. The van der Waals surface area contributed by atoms with Crippen molar-refractivity contribution in [3.63, 3.8) is 0 Å². The highest BCUT2D eigenvalue weighted by atomic mass is 35.5. The summed E-state index contributed by atoms with van der Waals surface area (Å²) in [5, 5.41) is 13.2. The fourth-order valence-electron chi connectivity index (χ4n) is 3.26. The van der Waals surface area contributed by atoms with E-state index in [0.29, 0.717) is 28.5 Å². The molecule has 29 heavy (non-hydrogen) atoms. The van der Waals surface area contributed by atoms with Gasteiger partial charge in [-0.3, -0.25) is 4.79 Å². The van der Waals surface area contributed by atoms with Crippen molar-refractivity contribution in [2.75, 3.05) is 5.32 Å². The lowest BCUT2D eigenvalue weighted by Gasteiger charge is -2.19. The first-order valence-electron chi connectivity index (χ1n) is 9.61. The molecule has 0 aliphatic rings. The van der Waals surface area contributed by atoms with Gasteiger partial charge in [0.15, 0.2) is 17.5 Å². The minimum atomic E-state index is -0.801. The standard InChI is InChI=1S/C20H23ClFN5O2/c1-2-5-13(6-3-4-7-17(28)29)26-20-16(22)11-25-19(27-20)15-10-24-18-14(15)8-12(21)9-23-18/h8-11,13H,2-7H2,1H3,(H,23,24)(H,28,29)(H,25,26,27). The van der Waals surface area contributed by atoms with Gasteiger partial charge in [-0.25, -0.2) is 19.3 Å². The Morgan fingerprint density at radius 2 is 2.14 bits per heavy atom. The van der Waals surface area contributed by atoms with E-state index in [2.05, 4.69) is 32.2 Å². The highest BCUT2D eigenvalue weighted by Gasteiger charge is 2.16. The van der Waals surface area contributed by atoms with Crippen molar-refractivity contribution < 1.29 is 14.3 Å². The first-order chi connectivity index (χ1) is 14.0. The van der Waals surface area contributed by atoms with Crippen LogP contribution in [0.15, 0.2) is 24.7 Å². The Kier molecular flexibility index (Phi) is 6.98. The largest absolute Gasteiger partial charge is 0.481 e. The van der Waals surface area contributed by atoms with Crippen molar-refractivity contribution in [2.24, 2.45) is 0 Å². The molecule has 3 rings (SSSR count). The predicted molar refractivity (Wildman–Crippen MR) is 111 cm³/mol. The van der Waals surface area contributed by atoms with E-state index in [1.807, 2.05) is 0 Å². The quantitative estimate of drug-likeness (QED) is 0.398. The molecule has 0 fully saturated rings. The summed E-state index contributed by atoms with van der Waals surface area (Å²) in [6.45, 7) is 2.05. The number of carboxylic acid groups (broad SMARTS) is 1. The van der Waals surface area contributed by atoms with Crippen LogP contribution in [0.25, 0.3) is 22.4 Å². The van der Waals surface area contributed by atoms with Gasteiger partial charge in [-0.05, 0) is 25.3 Å². The number of carboxylic acids is 1. The monoisotopic (exact) mass is 419 g/mol. The van der Waals surface area contributed by atoms with Crippen molar-refractivity contribution in [3.8, 4) is 11.4 Å². The number of anilines is 1. The summed E-state index contributed by atoms with van der Waals surface area (Å²) in [6, 6.07) is 1.77. The van der Waals surface area contributed by atoms with Gasteiger partial charge in [-0.1, -0.05) is 31.4 Å². The van der Waals surface area contributed by atoms with Crippen LogP contribution in [-0.4, -0.2) is 37.1 Å². The van der Waals surface area contributed by atoms with E-state index in [9.17, 15) is 9.18 Å². The van der Waals surface area contributed by atoms with Gasteiger partial charge in [-0.2, -0.15) is 0 Å². The van der Waals surface area contributed by atoms with Crippen LogP contribution in [0.4, 0.5) is 10.2 Å². The van der Waals surface area contributed by atoms with Crippen LogP contribution < -0.4 is 5.32 Å². The lowest BCUT2D eigenvalue weighted by Crippen LogP contribution is -2.21. The maximum atomic E-state index is 14.4. The van der Waals surface area contributed by atoms with Gasteiger partial charge in [0.05, 0.1) is 11.2 Å². The van der Waals surface area contributed by atoms with E-state index in [-0.39, 0.29) is 18.3 Å². The number of H-pyrrole nitrogens is 1. The number of aromatic amines is 1. The summed E-state index contributed by atoms with van der Waals surface area (Å²) in [4.78, 5) is 26.4. The molecular formula is C20H23ClFN5O2. The van der Waals surface area contributed by atoms with Crippen molar-refractivity contribution in [3.05, 3.63) is 35.5 Å². The molecule has 0 aromatic carbocycles. The number of hydrogen-bond acceptors (Lipinski definition) is 5. The number of pyridine rings is 1. The number of aliphatic carboxylic acids is 1. The Morgan fingerprint density at radius 3 is 2.90 bits per heavy atom. The van der Waals surface area contributed by atoms with Gasteiger partial charge in [0.25, 0.3) is 0 Å². The number of fused-ring (bicyclic) bond motifs is 1. The topological polar surface area (TPSA) is 104 Å². The van der Waals surface area contributed by atoms with E-state index in [4.69, 9.17) is 16.7 Å². The summed E-state index contributed by atoms with van der Waals surface area (Å²) < 4.78 is 14.4. The van der Waals surface area contributed by atoms with E-state index >= 15 is 0 Å². The van der Waals surface area contributed by atoms with Gasteiger partial charge in [0.2, 0.25) is 0 Å². The van der Waals surface area contributed by atoms with E-state index in [1.54, 1.807) is 18.5 Å². The molecule has 0 saturated carbocycles. The Morgan fingerprint density at radius 1 is 1.31 bits per heavy atom. The van der Waals surface area contributed by atoms with Crippen LogP contribution in [-0.2, 0) is 4.79 Å². The van der Waals surface area contributed by atoms with Gasteiger partial charge in [0.1, 0.15) is 5.65 Å². The molecule has 3 N–H and O–H groups in total. The van der Waals surface area contributed by atoms with Crippen LogP contribution >= 0.6 is 11.6 Å². The molecule has 154 valence electrons. The SMILES string of the molecule is CCCC(CCCCC(=O)O)Nc1nc(-c2c[nH]c3ncc(Cl)cc23)ncc1F. The lowest BCUT2D eigenvalue weighted by atomic mass is 10.0. The second-order valence-corrected chi connectivity index (χ2v) is 7.35. The smallest absolute Gasteiger partial charge is 0.303 e. The van der Waals surface area contributed by atoms with Crippen LogP contribution in [0.5, 0.6) is 0 Å². The van der Waals surface area contributed by atoms with E-state index in [1.165, 1.54) is 0 Å². The number of nitrogens with zero attached hydrogens (tertiary/aromatic N) is 3. The number of hydrogen-bond donors (Lipinski definition) is 3. The summed E-state index contributed by atoms with van der Waals surface area (Å²) in [5.41, 5.74) is 1.33. The van der Waals surface area contributed by atoms with Crippen molar-refractivity contribution in [1.29, 1.82) is 0 Å². The molecule has 0 radical (unpaired) electrons. The Labute approximate surface area is 172 Å². The third kappa shape index (κ3) is 5.41. The van der Waals surface area contributed by atoms with Crippen LogP contribution in [0.2, 0.25) is 5.02 Å². The maximum absolute atomic E-state index is 14.4. The van der Waals surface area contributed by atoms with Gasteiger partial charge in [0, 0.05) is 35.8 Å². The van der Waals surface area contributed by atoms with Crippen LogP contribution in [0.3, 0.4) is 0 Å². The molecular weight excluding hydrogens is 397 g/mol. The molecule has 3 aromatic rings. The Balaban J connectivity index is 1.80. The number of nitrogens with one attached hydrogen (secondary N) is 2. The zero-order valence-electron chi connectivity index (χ0n) is 16.1. The molecule has 0 spiro atoms. The van der Waals surface area contributed by atoms with Crippen LogP contribution in [0.1, 0.15) is 45.4 Å². The fraction of sp³-hybridized carbons (Fsp3) is 0.400. The third-order valence-corrected chi connectivity index (χ3v) is 4.86. The molecule has 0 amide bonds. The first-order valence-corrected chi connectivity index (χ1v) is 9.99. The summed E-state index contributed by atoms with van der Waals surface area (Å²) in [7, 11) is 0. The molecule has 1 unspecified atom stereocenters.